The van der Waals surface area contributed by atoms with E-state index in [1.165, 1.54) is 12.8 Å². The number of carbonyl (C=O) groups excluding carboxylic acids is 1. The highest BCUT2D eigenvalue weighted by molar-refractivity contribution is 5.70. The van der Waals surface area contributed by atoms with Gasteiger partial charge < -0.3 is 19.5 Å². The van der Waals surface area contributed by atoms with E-state index in [0.717, 1.165) is 38.8 Å². The molecule has 2 bridgehead atoms. The topological polar surface area (TPSA) is 83.7 Å². The lowest BCUT2D eigenvalue weighted by Crippen LogP contribution is -2.55. The van der Waals surface area contributed by atoms with Gasteiger partial charge >= 0.3 is 12.1 Å². The van der Waals surface area contributed by atoms with E-state index in [4.69, 9.17) is 9.26 Å². The maximum Gasteiger partial charge on any atom is 0.407 e. The maximum absolute atomic E-state index is 11.4. The molecule has 8 heteroatoms. The monoisotopic (exact) mass is 347 g/mol. The van der Waals surface area contributed by atoms with Crippen LogP contribution in [0.25, 0.3) is 0 Å². The average molecular weight is 347 g/mol. The van der Waals surface area contributed by atoms with Gasteiger partial charge in [0.25, 0.3) is 0 Å². The van der Waals surface area contributed by atoms with Crippen molar-refractivity contribution in [1.82, 2.24) is 20.4 Å². The molecule has 4 aliphatic heterocycles. The van der Waals surface area contributed by atoms with E-state index in [0.29, 0.717) is 36.5 Å². The third-order valence-corrected chi connectivity index (χ3v) is 6.54. The van der Waals surface area contributed by atoms with Gasteiger partial charge in [-0.15, -0.1) is 0 Å². The van der Waals surface area contributed by atoms with Gasteiger partial charge in [-0.05, 0) is 32.6 Å². The van der Waals surface area contributed by atoms with E-state index in [-0.39, 0.29) is 11.7 Å². The minimum Gasteiger partial charge on any atom is -0.441 e. The number of fused-ring (bicyclic) bond motifs is 2. The smallest absolute Gasteiger partial charge is 0.407 e. The zero-order valence-corrected chi connectivity index (χ0v) is 14.6. The van der Waals surface area contributed by atoms with Crippen LogP contribution in [0.4, 0.5) is 10.8 Å². The molecule has 1 aromatic heterocycles. The van der Waals surface area contributed by atoms with Crippen LogP contribution in [0.3, 0.4) is 0 Å². The van der Waals surface area contributed by atoms with Crippen molar-refractivity contribution >= 4 is 12.1 Å². The predicted octanol–water partition coefficient (Wildman–Crippen LogP) is 1.45. The summed E-state index contributed by atoms with van der Waals surface area (Å²) >= 11 is 0. The first-order valence-electron chi connectivity index (χ1n) is 9.41. The van der Waals surface area contributed by atoms with Crippen molar-refractivity contribution in [1.29, 1.82) is 0 Å². The van der Waals surface area contributed by atoms with Crippen LogP contribution in [0.2, 0.25) is 0 Å². The molecule has 4 saturated heterocycles. The van der Waals surface area contributed by atoms with E-state index in [1.807, 2.05) is 6.92 Å². The zero-order chi connectivity index (χ0) is 17.0. The molecular formula is C17H25N5O3. The number of hydrogen-bond acceptors (Lipinski definition) is 7. The molecule has 1 aromatic rings. The van der Waals surface area contributed by atoms with Gasteiger partial charge in [0.15, 0.2) is 5.82 Å². The molecule has 1 N–H and O–H groups in total. The Kier molecular flexibility index (Phi) is 3.45. The highest BCUT2D eigenvalue weighted by Gasteiger charge is 2.48. The van der Waals surface area contributed by atoms with E-state index in [1.54, 1.807) is 0 Å². The Morgan fingerprint density at radius 2 is 1.88 bits per heavy atom. The first kappa shape index (κ1) is 15.4. The Bertz CT molecular complexity index is 655. The molecule has 136 valence electrons. The lowest BCUT2D eigenvalue weighted by molar-refractivity contribution is -0.0145. The summed E-state index contributed by atoms with van der Waals surface area (Å²) in [5.41, 5.74) is -0.255. The number of nitrogens with one attached hydrogen (secondary N) is 1. The fraction of sp³-hybridized carbons (Fsp3) is 0.824. The molecule has 4 aliphatic rings. The number of ether oxygens (including phenoxy) is 1. The number of carbonyl (C=O) groups is 1. The third-order valence-electron chi connectivity index (χ3n) is 6.54. The Morgan fingerprint density at radius 1 is 1.16 bits per heavy atom. The highest BCUT2D eigenvalue weighted by atomic mass is 16.6. The standard InChI is InChI=1S/C17H25N5O3/c1-11-19-15(25-20-11)22-12-2-3-13(22)9-14(8-12)21-6-4-17(5-7-21)10-18-16(23)24-17/h12-14H,2-10H2,1H3,(H,18,23). The van der Waals surface area contributed by atoms with Crippen molar-refractivity contribution in [3.8, 4) is 0 Å². The van der Waals surface area contributed by atoms with E-state index >= 15 is 0 Å². The first-order chi connectivity index (χ1) is 12.1. The number of rotatable bonds is 2. The van der Waals surface area contributed by atoms with Crippen molar-refractivity contribution < 1.29 is 14.1 Å². The van der Waals surface area contributed by atoms with E-state index in [9.17, 15) is 4.79 Å². The SMILES string of the molecule is Cc1noc(N2C3CCC2CC(N2CCC4(CC2)CNC(=O)O4)C3)n1. The minimum absolute atomic E-state index is 0.255. The number of aryl methyl sites for hydroxylation is 1. The molecule has 1 amide bonds. The van der Waals surface area contributed by atoms with Crippen LogP contribution in [-0.4, -0.2) is 64.5 Å². The number of aromatic nitrogens is 2. The molecule has 5 heterocycles. The second-order valence-corrected chi connectivity index (χ2v) is 8.00. The zero-order valence-electron chi connectivity index (χ0n) is 14.6. The van der Waals surface area contributed by atoms with Crippen LogP contribution < -0.4 is 10.2 Å². The van der Waals surface area contributed by atoms with Crippen LogP contribution in [0, 0.1) is 6.92 Å². The van der Waals surface area contributed by atoms with Crippen molar-refractivity contribution in [2.75, 3.05) is 24.5 Å². The Balaban J connectivity index is 1.24. The second kappa shape index (κ2) is 5.59. The number of anilines is 1. The molecule has 2 unspecified atom stereocenters. The molecule has 2 atom stereocenters. The molecule has 5 rings (SSSR count). The quantitative estimate of drug-likeness (QED) is 0.867. The Morgan fingerprint density at radius 3 is 2.44 bits per heavy atom. The fourth-order valence-electron chi connectivity index (χ4n) is 5.23. The van der Waals surface area contributed by atoms with Gasteiger partial charge in [0, 0.05) is 44.1 Å². The molecule has 0 aromatic carbocycles. The molecule has 0 aliphatic carbocycles. The highest BCUT2D eigenvalue weighted by Crippen LogP contribution is 2.41. The van der Waals surface area contributed by atoms with Crippen molar-refractivity contribution in [2.24, 2.45) is 0 Å². The van der Waals surface area contributed by atoms with Gasteiger partial charge in [-0.3, -0.25) is 4.90 Å². The summed E-state index contributed by atoms with van der Waals surface area (Å²) < 4.78 is 11.0. The summed E-state index contributed by atoms with van der Waals surface area (Å²) in [5.74, 6) is 0.706. The summed E-state index contributed by atoms with van der Waals surface area (Å²) in [6.45, 7) is 4.56. The fourth-order valence-corrected chi connectivity index (χ4v) is 5.23. The normalized spacial score (nSPS) is 34.4. The molecule has 4 fully saturated rings. The number of likely N-dealkylation sites (tertiary alicyclic amines) is 1. The van der Waals surface area contributed by atoms with Gasteiger partial charge in [0.2, 0.25) is 0 Å². The van der Waals surface area contributed by atoms with Crippen LogP contribution in [0.15, 0.2) is 4.52 Å². The van der Waals surface area contributed by atoms with Gasteiger partial charge in [0.1, 0.15) is 5.60 Å². The maximum atomic E-state index is 11.4. The Hall–Kier alpha value is -1.83. The molecule has 25 heavy (non-hydrogen) atoms. The van der Waals surface area contributed by atoms with Gasteiger partial charge in [0.05, 0.1) is 6.54 Å². The summed E-state index contributed by atoms with van der Waals surface area (Å²) in [6, 6.07) is 2.32. The summed E-state index contributed by atoms with van der Waals surface area (Å²) in [5, 5.41) is 6.77. The molecule has 8 nitrogen and oxygen atoms in total. The second-order valence-electron chi connectivity index (χ2n) is 8.00. The number of amides is 1. The number of piperidine rings is 2. The van der Waals surface area contributed by atoms with Crippen LogP contribution in [0.5, 0.6) is 0 Å². The lowest BCUT2D eigenvalue weighted by Gasteiger charge is -2.46. The lowest BCUT2D eigenvalue weighted by atomic mass is 9.88. The van der Waals surface area contributed by atoms with E-state index < -0.39 is 0 Å². The minimum atomic E-state index is -0.255. The molecule has 1 spiro atoms. The van der Waals surface area contributed by atoms with Crippen molar-refractivity contribution in [2.45, 2.75) is 69.2 Å². The van der Waals surface area contributed by atoms with Gasteiger partial charge in [-0.2, -0.15) is 4.98 Å². The van der Waals surface area contributed by atoms with Gasteiger partial charge in [-0.1, -0.05) is 5.16 Å². The molecular weight excluding hydrogens is 322 g/mol. The predicted molar refractivity (Wildman–Crippen MR) is 89.4 cm³/mol. The third kappa shape index (κ3) is 2.58. The molecule has 0 radical (unpaired) electrons. The largest absolute Gasteiger partial charge is 0.441 e. The molecule has 0 saturated carbocycles. The first-order valence-corrected chi connectivity index (χ1v) is 9.41. The van der Waals surface area contributed by atoms with Crippen molar-refractivity contribution in [3.05, 3.63) is 5.82 Å². The summed E-state index contributed by atoms with van der Waals surface area (Å²) in [4.78, 5) is 20.8. The number of nitrogens with zero attached hydrogens (tertiary/aromatic N) is 4. The van der Waals surface area contributed by atoms with E-state index in [2.05, 4.69) is 25.3 Å². The summed E-state index contributed by atoms with van der Waals surface area (Å²) in [6.07, 6.45) is 6.35. The Labute approximate surface area is 146 Å². The van der Waals surface area contributed by atoms with Crippen LogP contribution >= 0.6 is 0 Å². The number of alkyl carbamates (subject to hydrolysis) is 1. The van der Waals surface area contributed by atoms with Crippen LogP contribution in [-0.2, 0) is 4.74 Å². The van der Waals surface area contributed by atoms with Crippen LogP contribution in [0.1, 0.15) is 44.3 Å². The van der Waals surface area contributed by atoms with Crippen molar-refractivity contribution in [3.63, 3.8) is 0 Å². The number of hydrogen-bond donors (Lipinski definition) is 1. The van der Waals surface area contributed by atoms with Gasteiger partial charge in [-0.25, -0.2) is 4.79 Å². The average Bonchev–Trinajstić information content (AvgIpc) is 3.25. The summed E-state index contributed by atoms with van der Waals surface area (Å²) in [7, 11) is 0.